The van der Waals surface area contributed by atoms with Crippen molar-refractivity contribution in [1.82, 2.24) is 4.98 Å². The van der Waals surface area contributed by atoms with Gasteiger partial charge in [-0.15, -0.1) is 11.3 Å². The van der Waals surface area contributed by atoms with Crippen molar-refractivity contribution < 1.29 is 14.7 Å². The lowest BCUT2D eigenvalue weighted by molar-refractivity contribution is 0.0697. The predicted octanol–water partition coefficient (Wildman–Crippen LogP) is 3.22. The molecule has 0 saturated carbocycles. The zero-order valence-electron chi connectivity index (χ0n) is 12.1. The van der Waals surface area contributed by atoms with E-state index in [0.717, 1.165) is 29.7 Å². The third-order valence-electron chi connectivity index (χ3n) is 3.88. The van der Waals surface area contributed by atoms with Gasteiger partial charge in [-0.05, 0) is 42.9 Å². The molecule has 1 aliphatic rings. The summed E-state index contributed by atoms with van der Waals surface area (Å²) in [5, 5.41) is 12.7. The van der Waals surface area contributed by atoms with Crippen LogP contribution in [0, 0.1) is 5.92 Å². The van der Waals surface area contributed by atoms with Gasteiger partial charge in [-0.3, -0.25) is 9.78 Å². The lowest BCUT2D eigenvalue weighted by Crippen LogP contribution is -2.15. The highest BCUT2D eigenvalue weighted by Crippen LogP contribution is 2.39. The Hall–Kier alpha value is -2.21. The molecule has 2 N–H and O–H groups in total. The number of carboxylic acid groups (broad SMARTS) is 1. The summed E-state index contributed by atoms with van der Waals surface area (Å²) in [6, 6.07) is 3.33. The summed E-state index contributed by atoms with van der Waals surface area (Å²) >= 11 is 1.38. The summed E-state index contributed by atoms with van der Waals surface area (Å²) in [5.41, 5.74) is 1.56. The van der Waals surface area contributed by atoms with Crippen LogP contribution in [0.4, 0.5) is 5.00 Å². The highest BCUT2D eigenvalue weighted by molar-refractivity contribution is 7.17. The van der Waals surface area contributed by atoms with E-state index in [-0.39, 0.29) is 11.5 Å². The smallest absolute Gasteiger partial charge is 0.339 e. The van der Waals surface area contributed by atoms with Gasteiger partial charge < -0.3 is 10.4 Å². The third-order valence-corrected chi connectivity index (χ3v) is 5.05. The fraction of sp³-hybridized carbons (Fsp3) is 0.312. The number of aromatic carboxylic acids is 1. The molecular formula is C16H16N2O3S. The molecule has 0 spiro atoms. The third kappa shape index (κ3) is 2.74. The second-order valence-electron chi connectivity index (χ2n) is 5.56. The molecule has 1 unspecified atom stereocenters. The molecule has 0 radical (unpaired) electrons. The minimum atomic E-state index is -0.978. The number of anilines is 1. The molecule has 0 aromatic carbocycles. The molecule has 3 rings (SSSR count). The molecule has 0 bridgehead atoms. The van der Waals surface area contributed by atoms with Crippen LogP contribution in [0.5, 0.6) is 0 Å². The first-order valence-corrected chi connectivity index (χ1v) is 7.97. The van der Waals surface area contributed by atoms with Crippen LogP contribution in [-0.2, 0) is 12.8 Å². The summed E-state index contributed by atoms with van der Waals surface area (Å²) in [6.45, 7) is 2.16. The molecule has 22 heavy (non-hydrogen) atoms. The van der Waals surface area contributed by atoms with Gasteiger partial charge in [0, 0.05) is 17.3 Å². The summed E-state index contributed by atoms with van der Waals surface area (Å²) in [4.78, 5) is 28.8. The largest absolute Gasteiger partial charge is 0.478 e. The second-order valence-corrected chi connectivity index (χ2v) is 6.66. The number of hydrogen-bond acceptors (Lipinski definition) is 4. The molecule has 2 heterocycles. The fourth-order valence-corrected chi connectivity index (χ4v) is 4.14. The average Bonchev–Trinajstić information content (AvgIpc) is 2.85. The van der Waals surface area contributed by atoms with Crippen molar-refractivity contribution in [3.05, 3.63) is 46.1 Å². The molecule has 1 aliphatic carbocycles. The van der Waals surface area contributed by atoms with Crippen LogP contribution in [0.1, 0.15) is 44.5 Å². The van der Waals surface area contributed by atoms with E-state index in [2.05, 4.69) is 17.2 Å². The molecule has 114 valence electrons. The molecule has 5 nitrogen and oxygen atoms in total. The summed E-state index contributed by atoms with van der Waals surface area (Å²) < 4.78 is 0. The van der Waals surface area contributed by atoms with Gasteiger partial charge in [-0.2, -0.15) is 0 Å². The van der Waals surface area contributed by atoms with Crippen LogP contribution < -0.4 is 5.32 Å². The number of carbonyl (C=O) groups is 2. The zero-order valence-corrected chi connectivity index (χ0v) is 12.9. The minimum Gasteiger partial charge on any atom is -0.478 e. The number of carbonyl (C=O) groups excluding carboxylic acids is 1. The lowest BCUT2D eigenvalue weighted by Gasteiger charge is -2.17. The van der Waals surface area contributed by atoms with Gasteiger partial charge in [0.2, 0.25) is 0 Å². The highest BCUT2D eigenvalue weighted by atomic mass is 32.1. The fourth-order valence-electron chi connectivity index (χ4n) is 2.74. The molecule has 0 fully saturated rings. The molecule has 6 heteroatoms. The van der Waals surface area contributed by atoms with Crippen molar-refractivity contribution >= 4 is 28.2 Å². The van der Waals surface area contributed by atoms with Crippen LogP contribution in [-0.4, -0.2) is 22.0 Å². The summed E-state index contributed by atoms with van der Waals surface area (Å²) in [5.74, 6) is -0.759. The molecule has 0 aliphatic heterocycles. The Balaban J connectivity index is 1.94. The van der Waals surface area contributed by atoms with Gasteiger partial charge in [0.15, 0.2) is 0 Å². The van der Waals surface area contributed by atoms with Crippen LogP contribution in [0.25, 0.3) is 0 Å². The van der Waals surface area contributed by atoms with Crippen molar-refractivity contribution in [2.45, 2.75) is 26.2 Å². The first-order valence-electron chi connectivity index (χ1n) is 7.15. The number of nitrogens with zero attached hydrogens (tertiary/aromatic N) is 1. The zero-order chi connectivity index (χ0) is 15.7. The first-order chi connectivity index (χ1) is 10.6. The maximum atomic E-state index is 12.2. The summed E-state index contributed by atoms with van der Waals surface area (Å²) in [7, 11) is 0. The molecule has 1 amide bonds. The van der Waals surface area contributed by atoms with Crippen molar-refractivity contribution in [3.63, 3.8) is 0 Å². The van der Waals surface area contributed by atoms with Gasteiger partial charge in [0.25, 0.3) is 5.91 Å². The maximum absolute atomic E-state index is 12.2. The first kappa shape index (κ1) is 14.7. The number of carboxylic acids is 1. The second kappa shape index (κ2) is 5.88. The van der Waals surface area contributed by atoms with Gasteiger partial charge >= 0.3 is 5.97 Å². The predicted molar refractivity (Wildman–Crippen MR) is 84.7 cm³/mol. The Bertz CT molecular complexity index is 724. The number of fused-ring (bicyclic) bond motifs is 1. The number of rotatable bonds is 3. The van der Waals surface area contributed by atoms with Gasteiger partial charge in [-0.25, -0.2) is 4.79 Å². The summed E-state index contributed by atoms with van der Waals surface area (Å²) in [6.07, 6.45) is 5.68. The minimum absolute atomic E-state index is 0.254. The maximum Gasteiger partial charge on any atom is 0.339 e. The quantitative estimate of drug-likeness (QED) is 0.911. The van der Waals surface area contributed by atoms with Crippen LogP contribution in [0.15, 0.2) is 24.5 Å². The van der Waals surface area contributed by atoms with Crippen molar-refractivity contribution in [2.75, 3.05) is 5.32 Å². The standard InChI is InChI=1S/C16H16N2O3S/c1-9-4-5-11-12(7-9)22-15(13(11)16(20)21)18-14(19)10-3-2-6-17-8-10/h2-3,6,8-9H,4-5,7H2,1H3,(H,18,19)(H,20,21). The van der Waals surface area contributed by atoms with Gasteiger partial charge in [0.05, 0.1) is 11.1 Å². The van der Waals surface area contributed by atoms with Gasteiger partial charge in [0.1, 0.15) is 5.00 Å². The topological polar surface area (TPSA) is 79.3 Å². The van der Waals surface area contributed by atoms with Gasteiger partial charge in [-0.1, -0.05) is 6.92 Å². The van der Waals surface area contributed by atoms with Crippen molar-refractivity contribution in [1.29, 1.82) is 0 Å². The van der Waals surface area contributed by atoms with Crippen LogP contribution in [0.3, 0.4) is 0 Å². The highest BCUT2D eigenvalue weighted by Gasteiger charge is 2.28. The Labute approximate surface area is 132 Å². The molecule has 2 aromatic rings. The van der Waals surface area contributed by atoms with E-state index in [0.29, 0.717) is 16.5 Å². The van der Waals surface area contributed by atoms with E-state index in [9.17, 15) is 14.7 Å². The number of aromatic nitrogens is 1. The monoisotopic (exact) mass is 316 g/mol. The van der Waals surface area contributed by atoms with E-state index >= 15 is 0 Å². The number of hydrogen-bond donors (Lipinski definition) is 2. The lowest BCUT2D eigenvalue weighted by atomic mass is 9.88. The number of nitrogens with one attached hydrogen (secondary N) is 1. The Morgan fingerprint density at radius 1 is 1.45 bits per heavy atom. The van der Waals surface area contributed by atoms with Crippen LogP contribution >= 0.6 is 11.3 Å². The van der Waals surface area contributed by atoms with E-state index in [1.165, 1.54) is 17.5 Å². The average molecular weight is 316 g/mol. The Morgan fingerprint density at radius 3 is 2.95 bits per heavy atom. The molecule has 2 aromatic heterocycles. The van der Waals surface area contributed by atoms with Crippen molar-refractivity contribution in [2.24, 2.45) is 5.92 Å². The van der Waals surface area contributed by atoms with E-state index in [1.807, 2.05) is 0 Å². The van der Waals surface area contributed by atoms with E-state index in [4.69, 9.17) is 0 Å². The molecular weight excluding hydrogens is 300 g/mol. The SMILES string of the molecule is CC1CCc2c(sc(NC(=O)c3cccnc3)c2C(=O)O)C1. The Kier molecular flexibility index (Phi) is 3.94. The van der Waals surface area contributed by atoms with Crippen molar-refractivity contribution in [3.8, 4) is 0 Å². The number of thiophene rings is 1. The van der Waals surface area contributed by atoms with E-state index in [1.54, 1.807) is 18.3 Å². The molecule has 1 atom stereocenters. The number of pyridine rings is 1. The normalized spacial score (nSPS) is 16.9. The Morgan fingerprint density at radius 2 is 2.27 bits per heavy atom. The number of amides is 1. The van der Waals surface area contributed by atoms with E-state index < -0.39 is 5.97 Å². The molecule has 0 saturated heterocycles. The van der Waals surface area contributed by atoms with Crippen LogP contribution in [0.2, 0.25) is 0 Å².